The highest BCUT2D eigenvalue weighted by molar-refractivity contribution is 4.75. The van der Waals surface area contributed by atoms with Gasteiger partial charge < -0.3 is 0 Å². The molecule has 0 aromatic rings. The molecule has 0 rings (SSSR count). The summed E-state index contributed by atoms with van der Waals surface area (Å²) in [4.78, 5) is 0. The molecule has 0 heteroatoms. The molecule has 0 heterocycles. The molecule has 0 radical (unpaired) electrons. The second kappa shape index (κ2) is 71.8. The minimum Gasteiger partial charge on any atom is -0.103 e. The molecule has 0 aliphatic heterocycles. The summed E-state index contributed by atoms with van der Waals surface area (Å²) in [6.07, 6.45) is 28.7. The van der Waals surface area contributed by atoms with Gasteiger partial charge >= 0.3 is 0 Å². The van der Waals surface area contributed by atoms with Crippen LogP contribution in [0.15, 0.2) is 73.9 Å². The number of rotatable bonds is 7. The Bertz CT molecular complexity index is 297. The Kier molecular flexibility index (Phi) is 103. The van der Waals surface area contributed by atoms with Gasteiger partial charge in [0, 0.05) is 0 Å². The normalized spacial score (nSPS) is 9.03. The van der Waals surface area contributed by atoms with E-state index in [1.165, 1.54) is 19.3 Å². The fraction of sp³-hybridized carbons (Fsp3) is 0.586. The van der Waals surface area contributed by atoms with E-state index in [1.807, 2.05) is 52.0 Å². The fourth-order valence-corrected chi connectivity index (χ4v) is 1.01. The highest BCUT2D eigenvalue weighted by Crippen LogP contribution is 1.85. The maximum Gasteiger partial charge on any atom is -0.0353 e. The van der Waals surface area contributed by atoms with E-state index in [0.29, 0.717) is 0 Å². The van der Waals surface area contributed by atoms with Gasteiger partial charge in [0.15, 0.2) is 0 Å². The van der Waals surface area contributed by atoms with Crippen LogP contribution in [0, 0.1) is 0 Å². The lowest BCUT2D eigenvalue weighted by Gasteiger charge is -1.76. The van der Waals surface area contributed by atoms with Crippen LogP contribution >= 0.6 is 0 Å². The molecule has 0 bridgehead atoms. The molecule has 0 aromatic carbocycles. The van der Waals surface area contributed by atoms with Crippen LogP contribution in [-0.4, -0.2) is 0 Å². The Morgan fingerprint density at radius 3 is 0.828 bits per heavy atom. The average Bonchev–Trinajstić information content (AvgIpc) is 2.75. The molecule has 0 amide bonds. The summed E-state index contributed by atoms with van der Waals surface area (Å²) in [6, 6.07) is 0. The Balaban J connectivity index is -0.0000000550. The smallest absolute Gasteiger partial charge is 0.0353 e. The first-order valence-corrected chi connectivity index (χ1v) is 11.6. The molecule has 0 fully saturated rings. The van der Waals surface area contributed by atoms with Crippen LogP contribution in [0.1, 0.15) is 114 Å². The molecule has 0 nitrogen and oxygen atoms in total. The molecule has 0 saturated carbocycles. The zero-order valence-corrected chi connectivity index (χ0v) is 22.1. The molecule has 0 aliphatic rings. The minimum absolute atomic E-state index is 1.08. The van der Waals surface area contributed by atoms with Crippen LogP contribution in [-0.2, 0) is 0 Å². The van der Waals surface area contributed by atoms with E-state index in [-0.39, 0.29) is 0 Å². The predicted molar refractivity (Wildman–Crippen MR) is 146 cm³/mol. The van der Waals surface area contributed by atoms with Gasteiger partial charge in [0.25, 0.3) is 0 Å². The molecule has 0 aromatic heterocycles. The van der Waals surface area contributed by atoms with Gasteiger partial charge in [0.05, 0.1) is 0 Å². The highest BCUT2D eigenvalue weighted by atomic mass is 13.7. The lowest BCUT2D eigenvalue weighted by Crippen LogP contribution is -1.55. The molecular weight excluding hydrogens is 348 g/mol. The third-order valence-electron chi connectivity index (χ3n) is 2.75. The predicted octanol–water partition coefficient (Wildman–Crippen LogP) is 11.4. The van der Waals surface area contributed by atoms with Crippen molar-refractivity contribution in [3.63, 3.8) is 0 Å². The van der Waals surface area contributed by atoms with Crippen molar-refractivity contribution in [2.75, 3.05) is 0 Å². The summed E-state index contributed by atoms with van der Waals surface area (Å²) in [5.41, 5.74) is 0. The Morgan fingerprint density at radius 2 is 0.793 bits per heavy atom. The minimum atomic E-state index is 1.08. The Hall–Kier alpha value is -1.56. The van der Waals surface area contributed by atoms with E-state index in [0.717, 1.165) is 25.7 Å². The van der Waals surface area contributed by atoms with Crippen LogP contribution in [0.4, 0.5) is 0 Å². The van der Waals surface area contributed by atoms with Crippen LogP contribution < -0.4 is 0 Å². The molecule has 0 N–H and O–H groups in total. The Morgan fingerprint density at radius 1 is 0.448 bits per heavy atom. The SMILES string of the molecule is C/C=C/C.C/C=C/CC.C/C=C/CC.C/C=C/CCC.C=CCC.C=CCCC. The van der Waals surface area contributed by atoms with E-state index in [4.69, 9.17) is 0 Å². The van der Waals surface area contributed by atoms with E-state index < -0.39 is 0 Å². The Labute approximate surface area is 188 Å². The number of unbranched alkanes of at least 4 members (excludes halogenated alkanes) is 2. The van der Waals surface area contributed by atoms with Gasteiger partial charge in [-0.3, -0.25) is 0 Å². The van der Waals surface area contributed by atoms with Crippen LogP contribution in [0.3, 0.4) is 0 Å². The van der Waals surface area contributed by atoms with Gasteiger partial charge in [-0.05, 0) is 66.7 Å². The molecular formula is C29H58. The topological polar surface area (TPSA) is 0 Å². The molecule has 0 saturated heterocycles. The highest BCUT2D eigenvalue weighted by Gasteiger charge is 1.65. The third kappa shape index (κ3) is 177. The first-order valence-electron chi connectivity index (χ1n) is 11.6. The van der Waals surface area contributed by atoms with Gasteiger partial charge in [0.2, 0.25) is 0 Å². The first-order chi connectivity index (χ1) is 14.0. The van der Waals surface area contributed by atoms with Crippen molar-refractivity contribution in [3.05, 3.63) is 73.9 Å². The van der Waals surface area contributed by atoms with Gasteiger partial charge in [-0.15, -0.1) is 13.2 Å². The molecule has 0 spiro atoms. The summed E-state index contributed by atoms with van der Waals surface area (Å²) >= 11 is 0. The lowest BCUT2D eigenvalue weighted by molar-refractivity contribution is 0.957. The number of allylic oxidation sites excluding steroid dienone is 10. The average molecular weight is 407 g/mol. The third-order valence-corrected chi connectivity index (χ3v) is 2.75. The maximum atomic E-state index is 3.55. The number of hydrogen-bond acceptors (Lipinski definition) is 0. The van der Waals surface area contributed by atoms with Crippen molar-refractivity contribution < 1.29 is 0 Å². The van der Waals surface area contributed by atoms with Crippen LogP contribution in [0.5, 0.6) is 0 Å². The molecule has 0 aliphatic carbocycles. The van der Waals surface area contributed by atoms with Crippen molar-refractivity contribution in [1.82, 2.24) is 0 Å². The number of hydrogen-bond donors (Lipinski definition) is 0. The molecule has 174 valence electrons. The molecule has 0 atom stereocenters. The zero-order chi connectivity index (χ0) is 24.0. The van der Waals surface area contributed by atoms with Gasteiger partial charge in [0.1, 0.15) is 0 Å². The van der Waals surface area contributed by atoms with Crippen molar-refractivity contribution in [2.45, 2.75) is 114 Å². The summed E-state index contributed by atoms with van der Waals surface area (Å²) in [5, 5.41) is 0. The summed E-state index contributed by atoms with van der Waals surface area (Å²) in [7, 11) is 0. The van der Waals surface area contributed by atoms with E-state index >= 15 is 0 Å². The summed E-state index contributed by atoms with van der Waals surface area (Å²) in [5.74, 6) is 0. The second-order valence-corrected chi connectivity index (χ2v) is 5.75. The molecule has 29 heavy (non-hydrogen) atoms. The van der Waals surface area contributed by atoms with E-state index in [1.54, 1.807) is 0 Å². The lowest BCUT2D eigenvalue weighted by atomic mass is 10.3. The van der Waals surface area contributed by atoms with Crippen molar-refractivity contribution in [3.8, 4) is 0 Å². The van der Waals surface area contributed by atoms with Crippen molar-refractivity contribution >= 4 is 0 Å². The largest absolute Gasteiger partial charge is 0.103 e. The quantitative estimate of drug-likeness (QED) is 0.369. The van der Waals surface area contributed by atoms with Gasteiger partial charge in [-0.25, -0.2) is 0 Å². The van der Waals surface area contributed by atoms with E-state index in [2.05, 4.69) is 91.2 Å². The van der Waals surface area contributed by atoms with Crippen molar-refractivity contribution in [2.24, 2.45) is 0 Å². The van der Waals surface area contributed by atoms with Gasteiger partial charge in [-0.2, -0.15) is 0 Å². The zero-order valence-electron chi connectivity index (χ0n) is 22.1. The molecule has 0 unspecified atom stereocenters. The fourth-order valence-electron chi connectivity index (χ4n) is 1.01. The second-order valence-electron chi connectivity index (χ2n) is 5.75. The van der Waals surface area contributed by atoms with Crippen LogP contribution in [0.2, 0.25) is 0 Å². The summed E-state index contributed by atoms with van der Waals surface area (Å²) < 4.78 is 0. The maximum absolute atomic E-state index is 3.55. The monoisotopic (exact) mass is 406 g/mol. The first kappa shape index (κ1) is 41.7. The van der Waals surface area contributed by atoms with Crippen LogP contribution in [0.25, 0.3) is 0 Å². The van der Waals surface area contributed by atoms with Crippen molar-refractivity contribution in [1.29, 1.82) is 0 Å². The van der Waals surface area contributed by atoms with E-state index in [9.17, 15) is 0 Å². The summed E-state index contributed by atoms with van der Waals surface area (Å²) in [6.45, 7) is 27.8. The standard InChI is InChI=1S/C6H12.3C5H10.2C4H8/c1-3-5-6-4-2;3*1-3-5-4-2;2*1-3-4-2/h3,5H,4,6H2,1-2H3;2*3,5H,4H2,1-2H3;3H,1,4-5H2,2H3;3-4H,1-2H3;3H,1,4H2,2H3/b3*5-3+;;4-3+;. The van der Waals surface area contributed by atoms with Gasteiger partial charge in [-0.1, -0.05) is 108 Å².